The normalized spacial score (nSPS) is 10.6. The molecule has 0 saturated carbocycles. The number of aryl methyl sites for hydroxylation is 1. The van der Waals surface area contributed by atoms with Gasteiger partial charge in [-0.2, -0.15) is 4.98 Å². The van der Waals surface area contributed by atoms with E-state index in [-0.39, 0.29) is 5.91 Å². The first-order valence-corrected chi connectivity index (χ1v) is 10.1. The summed E-state index contributed by atoms with van der Waals surface area (Å²) >= 11 is 1.73. The number of nitrogens with one attached hydrogen (secondary N) is 1. The smallest absolute Gasteiger partial charge is 0.226 e. The van der Waals surface area contributed by atoms with Gasteiger partial charge in [0, 0.05) is 35.6 Å². The molecular weight excluding hydrogens is 374 g/mol. The third-order valence-corrected chi connectivity index (χ3v) is 5.06. The molecule has 3 aromatic rings. The van der Waals surface area contributed by atoms with E-state index in [9.17, 15) is 4.79 Å². The highest BCUT2D eigenvalue weighted by Gasteiger charge is 2.10. The molecule has 3 rings (SSSR count). The fraction of sp³-hybridized carbons (Fsp3) is 0.286. The summed E-state index contributed by atoms with van der Waals surface area (Å²) in [5.74, 6) is 2.76. The highest BCUT2D eigenvalue weighted by Crippen LogP contribution is 2.20. The Bertz CT molecular complexity index is 866. The number of nitrogens with zero attached hydrogens (tertiary/aromatic N) is 2. The molecule has 6 nitrogen and oxygen atoms in total. The van der Waals surface area contributed by atoms with Crippen LogP contribution >= 0.6 is 11.8 Å². The number of carbonyl (C=O) groups excluding carboxylic acids is 1. The zero-order valence-electron chi connectivity index (χ0n) is 15.8. The Morgan fingerprint density at radius 2 is 1.93 bits per heavy atom. The molecule has 0 aliphatic heterocycles. The molecule has 0 saturated heterocycles. The summed E-state index contributed by atoms with van der Waals surface area (Å²) in [6, 6.07) is 17.6. The number of hydrogen-bond acceptors (Lipinski definition) is 6. The molecule has 0 atom stereocenters. The van der Waals surface area contributed by atoms with Crippen molar-refractivity contribution >= 4 is 17.7 Å². The van der Waals surface area contributed by atoms with Gasteiger partial charge in [0.25, 0.3) is 0 Å². The summed E-state index contributed by atoms with van der Waals surface area (Å²) in [6.07, 6.45) is 1.69. The summed E-state index contributed by atoms with van der Waals surface area (Å²) in [4.78, 5) is 17.5. The van der Waals surface area contributed by atoms with E-state index in [0.29, 0.717) is 37.5 Å². The minimum Gasteiger partial charge on any atom is -0.497 e. The Morgan fingerprint density at radius 1 is 1.14 bits per heavy atom. The second-order valence-corrected chi connectivity index (χ2v) is 7.27. The van der Waals surface area contributed by atoms with Crippen LogP contribution in [0.4, 0.5) is 0 Å². The number of hydrogen-bond donors (Lipinski definition) is 1. The van der Waals surface area contributed by atoms with Gasteiger partial charge in [-0.3, -0.25) is 4.79 Å². The SMILES string of the molecule is COc1ccc(-c2noc(CCCC(=O)NCCSc3ccccc3)n2)cc1. The van der Waals surface area contributed by atoms with Crippen LogP contribution < -0.4 is 10.1 Å². The first-order valence-electron chi connectivity index (χ1n) is 9.16. The van der Waals surface area contributed by atoms with Gasteiger partial charge in [0.05, 0.1) is 7.11 Å². The third kappa shape index (κ3) is 6.13. The second-order valence-electron chi connectivity index (χ2n) is 6.11. The van der Waals surface area contributed by atoms with Crippen molar-refractivity contribution in [2.45, 2.75) is 24.2 Å². The Labute approximate surface area is 168 Å². The van der Waals surface area contributed by atoms with Crippen molar-refractivity contribution in [3.8, 4) is 17.1 Å². The summed E-state index contributed by atoms with van der Waals surface area (Å²) in [5, 5.41) is 6.94. The zero-order chi connectivity index (χ0) is 19.6. The molecule has 1 N–H and O–H groups in total. The molecule has 2 aromatic carbocycles. The Balaban J connectivity index is 1.34. The summed E-state index contributed by atoms with van der Waals surface area (Å²) in [5.41, 5.74) is 0.865. The van der Waals surface area contributed by atoms with Crippen molar-refractivity contribution in [1.82, 2.24) is 15.5 Å². The molecule has 28 heavy (non-hydrogen) atoms. The Kier molecular flexibility index (Phi) is 7.49. The quantitative estimate of drug-likeness (QED) is 0.412. The maximum atomic E-state index is 11.9. The van der Waals surface area contributed by atoms with Crippen LogP contribution in [0.25, 0.3) is 11.4 Å². The predicted octanol–water partition coefficient (Wildman–Crippen LogP) is 3.98. The number of amides is 1. The molecular formula is C21H23N3O3S. The van der Waals surface area contributed by atoms with Crippen LogP contribution in [-0.4, -0.2) is 35.5 Å². The van der Waals surface area contributed by atoms with Gasteiger partial charge in [0.15, 0.2) is 0 Å². The molecule has 0 spiro atoms. The maximum absolute atomic E-state index is 11.9. The molecule has 0 unspecified atom stereocenters. The van der Waals surface area contributed by atoms with Crippen LogP contribution in [0.1, 0.15) is 18.7 Å². The first kappa shape index (κ1) is 19.9. The summed E-state index contributed by atoms with van der Waals surface area (Å²) in [7, 11) is 1.62. The van der Waals surface area contributed by atoms with Crippen molar-refractivity contribution in [2.75, 3.05) is 19.4 Å². The monoisotopic (exact) mass is 397 g/mol. The standard InChI is InChI=1S/C21H23N3O3S/c1-26-17-12-10-16(11-13-17)21-23-20(27-24-21)9-5-8-19(25)22-14-15-28-18-6-3-2-4-7-18/h2-4,6-7,10-13H,5,8-9,14-15H2,1H3,(H,22,25). The number of methoxy groups -OCH3 is 1. The lowest BCUT2D eigenvalue weighted by molar-refractivity contribution is -0.121. The van der Waals surface area contributed by atoms with Gasteiger partial charge in [-0.25, -0.2) is 0 Å². The van der Waals surface area contributed by atoms with E-state index < -0.39 is 0 Å². The van der Waals surface area contributed by atoms with Crippen LogP contribution in [0.2, 0.25) is 0 Å². The molecule has 0 aliphatic carbocycles. The Morgan fingerprint density at radius 3 is 2.68 bits per heavy atom. The lowest BCUT2D eigenvalue weighted by Crippen LogP contribution is -2.25. The van der Waals surface area contributed by atoms with Crippen LogP contribution in [0.15, 0.2) is 64.0 Å². The van der Waals surface area contributed by atoms with Gasteiger partial charge in [0.1, 0.15) is 5.75 Å². The highest BCUT2D eigenvalue weighted by molar-refractivity contribution is 7.99. The topological polar surface area (TPSA) is 77.2 Å². The molecule has 146 valence electrons. The van der Waals surface area contributed by atoms with Gasteiger partial charge in [0.2, 0.25) is 17.6 Å². The number of carbonyl (C=O) groups is 1. The van der Waals surface area contributed by atoms with E-state index >= 15 is 0 Å². The molecule has 0 aliphatic rings. The largest absolute Gasteiger partial charge is 0.497 e. The van der Waals surface area contributed by atoms with Gasteiger partial charge in [-0.05, 0) is 42.8 Å². The number of aromatic nitrogens is 2. The molecule has 1 aromatic heterocycles. The van der Waals surface area contributed by atoms with Gasteiger partial charge < -0.3 is 14.6 Å². The second kappa shape index (κ2) is 10.5. The van der Waals surface area contributed by atoms with Gasteiger partial charge in [-0.1, -0.05) is 23.4 Å². The van der Waals surface area contributed by atoms with Gasteiger partial charge in [-0.15, -0.1) is 11.8 Å². The van der Waals surface area contributed by atoms with E-state index in [1.54, 1.807) is 18.9 Å². The minimum absolute atomic E-state index is 0.0450. The first-order chi connectivity index (χ1) is 13.7. The molecule has 0 fully saturated rings. The molecule has 1 amide bonds. The molecule has 0 radical (unpaired) electrons. The maximum Gasteiger partial charge on any atom is 0.226 e. The highest BCUT2D eigenvalue weighted by atomic mass is 32.2. The van der Waals surface area contributed by atoms with Crippen LogP contribution in [0, 0.1) is 0 Å². The van der Waals surface area contributed by atoms with E-state index in [2.05, 4.69) is 27.6 Å². The van der Waals surface area contributed by atoms with E-state index in [1.165, 1.54) is 4.90 Å². The van der Waals surface area contributed by atoms with Crippen molar-refractivity contribution in [3.63, 3.8) is 0 Å². The van der Waals surface area contributed by atoms with E-state index in [1.807, 2.05) is 42.5 Å². The summed E-state index contributed by atoms with van der Waals surface area (Å²) < 4.78 is 10.4. The minimum atomic E-state index is 0.0450. The van der Waals surface area contributed by atoms with Crippen molar-refractivity contribution < 1.29 is 14.1 Å². The van der Waals surface area contributed by atoms with Crippen molar-refractivity contribution in [2.24, 2.45) is 0 Å². The molecule has 1 heterocycles. The van der Waals surface area contributed by atoms with Crippen LogP contribution in [0.3, 0.4) is 0 Å². The zero-order valence-corrected chi connectivity index (χ0v) is 16.6. The van der Waals surface area contributed by atoms with Crippen LogP contribution in [0.5, 0.6) is 5.75 Å². The lowest BCUT2D eigenvalue weighted by Gasteiger charge is -2.04. The van der Waals surface area contributed by atoms with Gasteiger partial charge >= 0.3 is 0 Å². The van der Waals surface area contributed by atoms with E-state index in [0.717, 1.165) is 17.1 Å². The molecule has 7 heteroatoms. The predicted molar refractivity (Wildman–Crippen MR) is 109 cm³/mol. The average molecular weight is 398 g/mol. The van der Waals surface area contributed by atoms with Crippen molar-refractivity contribution in [1.29, 1.82) is 0 Å². The lowest BCUT2D eigenvalue weighted by atomic mass is 10.2. The fourth-order valence-electron chi connectivity index (χ4n) is 2.58. The number of thioether (sulfide) groups is 1. The Hall–Kier alpha value is -2.80. The number of ether oxygens (including phenoxy) is 1. The number of benzene rings is 2. The molecule has 0 bridgehead atoms. The van der Waals surface area contributed by atoms with Crippen LogP contribution in [-0.2, 0) is 11.2 Å². The average Bonchev–Trinajstić information content (AvgIpc) is 3.21. The number of rotatable bonds is 10. The summed E-state index contributed by atoms with van der Waals surface area (Å²) in [6.45, 7) is 0.653. The third-order valence-electron chi connectivity index (χ3n) is 4.05. The van der Waals surface area contributed by atoms with Crippen molar-refractivity contribution in [3.05, 3.63) is 60.5 Å². The fourth-order valence-corrected chi connectivity index (χ4v) is 3.37. The van der Waals surface area contributed by atoms with E-state index in [4.69, 9.17) is 9.26 Å².